The van der Waals surface area contributed by atoms with Crippen LogP contribution in [-0.2, 0) is 19.1 Å². The van der Waals surface area contributed by atoms with Crippen molar-refractivity contribution in [1.82, 2.24) is 4.90 Å². The quantitative estimate of drug-likeness (QED) is 0.402. The summed E-state index contributed by atoms with van der Waals surface area (Å²) in [5, 5.41) is 0. The van der Waals surface area contributed by atoms with Crippen molar-refractivity contribution in [2.75, 3.05) is 20.3 Å². The predicted octanol–water partition coefficient (Wildman–Crippen LogP) is 0.351. The Balaban J connectivity index is 1.65. The first-order chi connectivity index (χ1) is 8.74. The Labute approximate surface area is 106 Å². The van der Waals surface area contributed by atoms with Crippen molar-refractivity contribution < 1.29 is 19.1 Å². The van der Waals surface area contributed by atoms with Crippen LogP contribution in [0.5, 0.6) is 0 Å². The topological polar surface area (TPSA) is 55.8 Å². The highest BCUT2D eigenvalue weighted by molar-refractivity contribution is 6.06. The van der Waals surface area contributed by atoms with E-state index in [9.17, 15) is 9.59 Å². The number of carbonyl (C=O) groups excluding carboxylic acids is 2. The maximum atomic E-state index is 12.2. The van der Waals surface area contributed by atoms with E-state index in [-0.39, 0.29) is 35.9 Å². The number of rotatable bonds is 5. The number of unbranched alkanes of at least 4 members (excludes halogenated alkanes) is 1. The first-order valence-corrected chi connectivity index (χ1v) is 6.42. The third kappa shape index (κ3) is 1.61. The maximum Gasteiger partial charge on any atom is 0.236 e. The van der Waals surface area contributed by atoms with Crippen LogP contribution in [0.15, 0.2) is 12.2 Å². The Morgan fingerprint density at radius 3 is 2.33 bits per heavy atom. The minimum absolute atomic E-state index is 0.0562. The van der Waals surface area contributed by atoms with E-state index in [0.717, 1.165) is 12.8 Å². The molecule has 0 aromatic rings. The van der Waals surface area contributed by atoms with E-state index in [1.54, 1.807) is 7.11 Å². The molecule has 3 aliphatic rings. The molecule has 18 heavy (non-hydrogen) atoms. The lowest BCUT2D eigenvalue weighted by Crippen LogP contribution is -2.35. The van der Waals surface area contributed by atoms with Crippen molar-refractivity contribution in [3.05, 3.63) is 12.2 Å². The van der Waals surface area contributed by atoms with Gasteiger partial charge in [0.2, 0.25) is 11.8 Å². The van der Waals surface area contributed by atoms with Crippen LogP contribution in [0.2, 0.25) is 0 Å². The van der Waals surface area contributed by atoms with Crippen molar-refractivity contribution in [3.8, 4) is 0 Å². The molecule has 4 unspecified atom stereocenters. The van der Waals surface area contributed by atoms with Crippen LogP contribution in [0.4, 0.5) is 0 Å². The van der Waals surface area contributed by atoms with Crippen LogP contribution >= 0.6 is 0 Å². The molecular formula is C13H17NO4. The number of nitrogens with zero attached hydrogens (tertiary/aromatic N) is 1. The molecule has 5 nitrogen and oxygen atoms in total. The van der Waals surface area contributed by atoms with Gasteiger partial charge in [-0.3, -0.25) is 14.5 Å². The molecule has 5 heteroatoms. The zero-order chi connectivity index (χ0) is 12.7. The molecule has 0 spiro atoms. The van der Waals surface area contributed by atoms with Crippen LogP contribution in [0.3, 0.4) is 0 Å². The van der Waals surface area contributed by atoms with E-state index in [4.69, 9.17) is 9.47 Å². The van der Waals surface area contributed by atoms with Crippen LogP contribution in [-0.4, -0.2) is 49.2 Å². The molecule has 98 valence electrons. The van der Waals surface area contributed by atoms with E-state index in [1.165, 1.54) is 4.90 Å². The van der Waals surface area contributed by atoms with Crippen LogP contribution in [0.25, 0.3) is 0 Å². The van der Waals surface area contributed by atoms with Crippen molar-refractivity contribution >= 4 is 11.8 Å². The molecular weight excluding hydrogens is 234 g/mol. The summed E-state index contributed by atoms with van der Waals surface area (Å²) >= 11 is 0. The number of methoxy groups -OCH3 is 1. The van der Waals surface area contributed by atoms with Gasteiger partial charge in [-0.15, -0.1) is 0 Å². The third-order valence-electron chi connectivity index (χ3n) is 3.98. The molecule has 3 aliphatic heterocycles. The second kappa shape index (κ2) is 4.48. The minimum atomic E-state index is -0.269. The van der Waals surface area contributed by atoms with Gasteiger partial charge < -0.3 is 9.47 Å². The molecule has 2 amide bonds. The summed E-state index contributed by atoms with van der Waals surface area (Å²) in [6.45, 7) is 1.17. The van der Waals surface area contributed by atoms with Gasteiger partial charge in [0.15, 0.2) is 0 Å². The van der Waals surface area contributed by atoms with Gasteiger partial charge in [-0.25, -0.2) is 0 Å². The molecule has 0 saturated carbocycles. The SMILES string of the molecule is COCCCCN1C(=O)C2C3C=CC(O3)C2C1=O. The molecule has 3 heterocycles. The summed E-state index contributed by atoms with van der Waals surface area (Å²) < 4.78 is 10.5. The number of hydrogen-bond acceptors (Lipinski definition) is 4. The fraction of sp³-hybridized carbons (Fsp3) is 0.692. The van der Waals surface area contributed by atoms with E-state index in [2.05, 4.69) is 0 Å². The zero-order valence-corrected chi connectivity index (χ0v) is 10.4. The Kier molecular flexibility index (Phi) is 2.95. The van der Waals surface area contributed by atoms with Gasteiger partial charge in [0, 0.05) is 20.3 Å². The monoisotopic (exact) mass is 251 g/mol. The second-order valence-electron chi connectivity index (χ2n) is 5.03. The molecule has 0 aromatic carbocycles. The predicted molar refractivity (Wildman–Crippen MR) is 62.6 cm³/mol. The number of hydrogen-bond donors (Lipinski definition) is 0. The number of imide groups is 1. The summed E-state index contributed by atoms with van der Waals surface area (Å²) in [4.78, 5) is 25.8. The number of amides is 2. The molecule has 2 bridgehead atoms. The van der Waals surface area contributed by atoms with Gasteiger partial charge in [-0.2, -0.15) is 0 Å². The summed E-state index contributed by atoms with van der Waals surface area (Å²) in [6.07, 6.45) is 5.12. The van der Waals surface area contributed by atoms with Crippen LogP contribution < -0.4 is 0 Å². The van der Waals surface area contributed by atoms with Crippen molar-refractivity contribution in [2.45, 2.75) is 25.0 Å². The standard InChI is InChI=1S/C13H17NO4/c1-17-7-3-2-6-14-12(15)10-8-4-5-9(18-8)11(10)13(14)16/h4-5,8-11H,2-3,6-7H2,1H3. The lowest BCUT2D eigenvalue weighted by atomic mass is 9.85. The van der Waals surface area contributed by atoms with E-state index in [0.29, 0.717) is 13.2 Å². The van der Waals surface area contributed by atoms with Gasteiger partial charge in [-0.1, -0.05) is 12.2 Å². The zero-order valence-electron chi connectivity index (χ0n) is 10.4. The molecule has 0 aliphatic carbocycles. The Morgan fingerprint density at radius 2 is 1.78 bits per heavy atom. The van der Waals surface area contributed by atoms with Gasteiger partial charge in [0.25, 0.3) is 0 Å². The average molecular weight is 251 g/mol. The Morgan fingerprint density at radius 1 is 1.17 bits per heavy atom. The first kappa shape index (κ1) is 11.9. The maximum absolute atomic E-state index is 12.2. The highest BCUT2D eigenvalue weighted by Gasteiger charge is 2.60. The second-order valence-corrected chi connectivity index (χ2v) is 5.03. The highest BCUT2D eigenvalue weighted by atomic mass is 16.5. The van der Waals surface area contributed by atoms with Crippen LogP contribution in [0.1, 0.15) is 12.8 Å². The number of fused-ring (bicyclic) bond motifs is 5. The molecule has 0 N–H and O–H groups in total. The third-order valence-corrected chi connectivity index (χ3v) is 3.98. The van der Waals surface area contributed by atoms with Crippen molar-refractivity contribution in [1.29, 1.82) is 0 Å². The van der Waals surface area contributed by atoms with Crippen molar-refractivity contribution in [3.63, 3.8) is 0 Å². The highest BCUT2D eigenvalue weighted by Crippen LogP contribution is 2.44. The average Bonchev–Trinajstić information content (AvgIpc) is 3.02. The van der Waals surface area contributed by atoms with Gasteiger partial charge >= 0.3 is 0 Å². The lowest BCUT2D eigenvalue weighted by molar-refractivity contribution is -0.142. The molecule has 0 aromatic heterocycles. The summed E-state index contributed by atoms with van der Waals surface area (Å²) in [6, 6.07) is 0. The largest absolute Gasteiger partial charge is 0.385 e. The van der Waals surface area contributed by atoms with E-state index < -0.39 is 0 Å². The smallest absolute Gasteiger partial charge is 0.236 e. The van der Waals surface area contributed by atoms with Crippen LogP contribution in [0, 0.1) is 11.8 Å². The molecule has 3 rings (SSSR count). The summed E-state index contributed by atoms with van der Waals surface area (Å²) in [5.74, 6) is -0.650. The fourth-order valence-corrected chi connectivity index (χ4v) is 3.10. The summed E-state index contributed by atoms with van der Waals surface area (Å²) in [7, 11) is 1.65. The number of likely N-dealkylation sites (tertiary alicyclic amines) is 1. The molecule has 2 fully saturated rings. The van der Waals surface area contributed by atoms with Crippen molar-refractivity contribution in [2.24, 2.45) is 11.8 Å². The van der Waals surface area contributed by atoms with Gasteiger partial charge in [0.05, 0.1) is 24.0 Å². The lowest BCUT2D eigenvalue weighted by Gasteiger charge is -2.17. The minimum Gasteiger partial charge on any atom is -0.385 e. The van der Waals surface area contributed by atoms with E-state index >= 15 is 0 Å². The number of carbonyl (C=O) groups is 2. The molecule has 4 atom stereocenters. The van der Waals surface area contributed by atoms with Gasteiger partial charge in [0.1, 0.15) is 0 Å². The normalized spacial score (nSPS) is 36.8. The summed E-state index contributed by atoms with van der Waals surface area (Å²) in [5.41, 5.74) is 0. The number of ether oxygens (including phenoxy) is 2. The Bertz CT molecular complexity index is 376. The fourth-order valence-electron chi connectivity index (χ4n) is 3.10. The Hall–Kier alpha value is -1.20. The van der Waals surface area contributed by atoms with E-state index in [1.807, 2.05) is 12.2 Å². The molecule has 0 radical (unpaired) electrons. The van der Waals surface area contributed by atoms with Gasteiger partial charge in [-0.05, 0) is 12.8 Å². The first-order valence-electron chi connectivity index (χ1n) is 6.42. The molecule has 2 saturated heterocycles.